The molecule has 3 fully saturated rings. The third-order valence-electron chi connectivity index (χ3n) is 11.0. The van der Waals surface area contributed by atoms with Gasteiger partial charge in [0.05, 0.1) is 25.9 Å². The van der Waals surface area contributed by atoms with E-state index in [0.717, 1.165) is 17.5 Å². The average Bonchev–Trinajstić information content (AvgIpc) is 3.64. The number of carbonyl (C=O) groups excluding carboxylic acids is 6. The summed E-state index contributed by atoms with van der Waals surface area (Å²) in [7, 11) is 1.62. The lowest BCUT2D eigenvalue weighted by atomic mass is 9.87. The minimum absolute atomic E-state index is 0.181. The summed E-state index contributed by atoms with van der Waals surface area (Å²) in [5, 5.41) is 14.1. The number of likely N-dealkylation sites (tertiary alicyclic amines) is 2. The van der Waals surface area contributed by atoms with Gasteiger partial charge < -0.3 is 46.3 Å². The van der Waals surface area contributed by atoms with E-state index in [1.165, 1.54) is 0 Å². The molecule has 0 aromatic heterocycles. The summed E-state index contributed by atoms with van der Waals surface area (Å²) in [5.41, 5.74) is 6.94. The monoisotopic (exact) mass is 790 g/mol. The minimum Gasteiger partial charge on any atom is -0.382 e. The molecule has 0 bridgehead atoms. The number of nitrogens with one attached hydrogen (secondary N) is 5. The molecule has 0 aliphatic carbocycles. The van der Waals surface area contributed by atoms with Crippen molar-refractivity contribution >= 4 is 35.6 Å². The molecule has 5 atom stereocenters. The van der Waals surface area contributed by atoms with Gasteiger partial charge in [-0.05, 0) is 69.5 Å². The van der Waals surface area contributed by atoms with E-state index in [0.29, 0.717) is 45.8 Å². The molecule has 3 aliphatic heterocycles. The Bertz CT molecular complexity index is 1670. The molecule has 5 rings (SSSR count). The number of urea groups is 1. The maximum absolute atomic E-state index is 14.3. The largest absolute Gasteiger partial charge is 0.382 e. The predicted octanol–water partition coefficient (Wildman–Crippen LogP) is 0.382. The van der Waals surface area contributed by atoms with Crippen molar-refractivity contribution in [3.05, 3.63) is 71.8 Å². The van der Waals surface area contributed by atoms with Crippen LogP contribution in [0.5, 0.6) is 0 Å². The topological polar surface area (TPSA) is 214 Å². The van der Waals surface area contributed by atoms with Gasteiger partial charge in [0.2, 0.25) is 23.6 Å². The highest BCUT2D eigenvalue weighted by Gasteiger charge is 2.50. The Kier molecular flexibility index (Phi) is 15.9. The average molecular weight is 791 g/mol. The van der Waals surface area contributed by atoms with Gasteiger partial charge in [-0.3, -0.25) is 29.3 Å². The van der Waals surface area contributed by atoms with Gasteiger partial charge in [-0.25, -0.2) is 4.79 Å². The summed E-state index contributed by atoms with van der Waals surface area (Å²) in [4.78, 5) is 83.7. The zero-order valence-corrected chi connectivity index (χ0v) is 33.0. The van der Waals surface area contributed by atoms with Crippen molar-refractivity contribution in [3.8, 4) is 0 Å². The molecule has 57 heavy (non-hydrogen) atoms. The number of nitrogens with two attached hydrogens (primary N) is 1. The van der Waals surface area contributed by atoms with Crippen LogP contribution in [0.1, 0.15) is 56.6 Å². The Labute approximate surface area is 334 Å². The van der Waals surface area contributed by atoms with E-state index in [2.05, 4.69) is 26.6 Å². The predicted molar refractivity (Wildman–Crippen MR) is 211 cm³/mol. The molecular weight excluding hydrogens is 732 g/mol. The van der Waals surface area contributed by atoms with Crippen molar-refractivity contribution in [2.75, 3.05) is 53.1 Å². The molecule has 7 amide bonds. The van der Waals surface area contributed by atoms with Crippen LogP contribution in [0.3, 0.4) is 0 Å². The summed E-state index contributed by atoms with van der Waals surface area (Å²) in [5.74, 6) is -2.01. The molecule has 1 spiro atoms. The Morgan fingerprint density at radius 3 is 2.19 bits per heavy atom. The lowest BCUT2D eigenvalue weighted by molar-refractivity contribution is -0.148. The minimum atomic E-state index is -1.05. The summed E-state index contributed by atoms with van der Waals surface area (Å²) in [6.07, 6.45) is 3.04. The second-order valence-corrected chi connectivity index (χ2v) is 15.1. The van der Waals surface area contributed by atoms with E-state index in [1.807, 2.05) is 67.6 Å². The number of benzene rings is 2. The summed E-state index contributed by atoms with van der Waals surface area (Å²) >= 11 is 0. The van der Waals surface area contributed by atoms with E-state index < -0.39 is 53.5 Å². The first-order valence-corrected chi connectivity index (χ1v) is 20.0. The second kappa shape index (κ2) is 21.0. The first kappa shape index (κ1) is 43.2. The number of hydrogen-bond acceptors (Lipinski definition) is 10. The van der Waals surface area contributed by atoms with Crippen LogP contribution in [0.25, 0.3) is 0 Å². The molecule has 3 heterocycles. The molecule has 3 saturated heterocycles. The van der Waals surface area contributed by atoms with Gasteiger partial charge >= 0.3 is 6.03 Å². The van der Waals surface area contributed by atoms with Crippen LogP contribution < -0.4 is 32.3 Å². The van der Waals surface area contributed by atoms with E-state index >= 15 is 0 Å². The van der Waals surface area contributed by atoms with Gasteiger partial charge in [0, 0.05) is 39.2 Å². The lowest BCUT2D eigenvalue weighted by Gasteiger charge is -2.40. The summed E-state index contributed by atoms with van der Waals surface area (Å²) in [6, 6.07) is 14.1. The van der Waals surface area contributed by atoms with Crippen LogP contribution in [-0.2, 0) is 46.3 Å². The van der Waals surface area contributed by atoms with Gasteiger partial charge in [-0.2, -0.15) is 0 Å². The fourth-order valence-corrected chi connectivity index (χ4v) is 7.79. The Balaban J connectivity index is 1.25. The summed E-state index contributed by atoms with van der Waals surface area (Å²) < 4.78 is 10.5. The Hall–Kier alpha value is -4.90. The second-order valence-electron chi connectivity index (χ2n) is 15.1. The number of imide groups is 1. The summed E-state index contributed by atoms with van der Waals surface area (Å²) in [6.45, 7) is 5.29. The van der Waals surface area contributed by atoms with E-state index in [1.54, 1.807) is 16.9 Å². The fraction of sp³-hybridized carbons (Fsp3) is 0.561. The number of methoxy groups -OCH3 is 1. The molecule has 310 valence electrons. The standard InChI is InChI=1S/C41H58N8O8/c1-28-25-33(45-36(51)32(27-30-13-7-4-8-14-30)44-35(50)31(42)26-29-11-5-3-6-12-29)37(52)49(28)34(15-9-10-18-43-19-22-57-24-23-56-2)38(53)48-20-16-41(17-21-48)39(54)46-40(55)47-41/h3-8,11-14,28,31-34,43H,9-10,15-27,42H2,1-2H3,(H,44,50)(H,45,51)(H2,46,47,54,55)/t28?,31-,32-,33-,34-/m1/s1. The molecule has 3 aliphatic rings. The lowest BCUT2D eigenvalue weighted by Crippen LogP contribution is -2.59. The third kappa shape index (κ3) is 11.8. The third-order valence-corrected chi connectivity index (χ3v) is 11.0. The van der Waals surface area contributed by atoms with Crippen LogP contribution in [0.4, 0.5) is 4.79 Å². The molecule has 16 heteroatoms. The van der Waals surface area contributed by atoms with Crippen LogP contribution >= 0.6 is 0 Å². The maximum atomic E-state index is 14.3. The van der Waals surface area contributed by atoms with Crippen molar-refractivity contribution in [2.45, 2.75) is 94.0 Å². The highest BCUT2D eigenvalue weighted by molar-refractivity contribution is 6.07. The van der Waals surface area contributed by atoms with Crippen molar-refractivity contribution in [3.63, 3.8) is 0 Å². The highest BCUT2D eigenvalue weighted by Crippen LogP contribution is 2.30. The first-order valence-electron chi connectivity index (χ1n) is 20.0. The van der Waals surface area contributed by atoms with Crippen molar-refractivity contribution < 1.29 is 38.2 Å². The van der Waals surface area contributed by atoms with Gasteiger partial charge in [0.25, 0.3) is 5.91 Å². The molecule has 0 radical (unpaired) electrons. The number of piperidine rings is 1. The highest BCUT2D eigenvalue weighted by atomic mass is 16.5. The maximum Gasteiger partial charge on any atom is 0.322 e. The van der Waals surface area contributed by atoms with E-state index in [4.69, 9.17) is 15.2 Å². The fourth-order valence-electron chi connectivity index (χ4n) is 7.79. The SMILES string of the molecule is COCCOCCNCCCC[C@H](C(=O)N1CCC2(CC1)NC(=O)NC2=O)N1C(=O)[C@H](NC(=O)[C@@H](Cc2ccccc2)NC(=O)[C@H](N)Cc2ccccc2)CC1C. The number of unbranched alkanes of at least 4 members (excludes halogenated alkanes) is 1. The van der Waals surface area contributed by atoms with Gasteiger partial charge in [0.1, 0.15) is 23.7 Å². The molecule has 16 nitrogen and oxygen atoms in total. The zero-order chi connectivity index (χ0) is 40.8. The number of carbonyl (C=O) groups is 6. The molecular formula is C41H58N8O8. The van der Waals surface area contributed by atoms with Crippen LogP contribution in [-0.4, -0.2) is 134 Å². The van der Waals surface area contributed by atoms with Gasteiger partial charge in [-0.1, -0.05) is 60.7 Å². The van der Waals surface area contributed by atoms with Gasteiger partial charge in [0.15, 0.2) is 0 Å². The van der Waals surface area contributed by atoms with E-state index in [-0.39, 0.29) is 63.0 Å². The Morgan fingerprint density at radius 1 is 0.895 bits per heavy atom. The number of hydrogen-bond donors (Lipinski definition) is 6. The van der Waals surface area contributed by atoms with Crippen LogP contribution in [0.15, 0.2) is 60.7 Å². The van der Waals surface area contributed by atoms with Crippen molar-refractivity contribution in [1.29, 1.82) is 0 Å². The quantitative estimate of drug-likeness (QED) is 0.0756. The smallest absolute Gasteiger partial charge is 0.322 e. The van der Waals surface area contributed by atoms with Crippen LogP contribution in [0, 0.1) is 0 Å². The molecule has 0 saturated carbocycles. The molecule has 1 unspecified atom stereocenters. The number of ether oxygens (including phenoxy) is 2. The van der Waals surface area contributed by atoms with Crippen LogP contribution in [0.2, 0.25) is 0 Å². The molecule has 7 N–H and O–H groups in total. The molecule has 2 aromatic rings. The van der Waals surface area contributed by atoms with Crippen molar-refractivity contribution in [1.82, 2.24) is 36.4 Å². The normalized spacial score (nSPS) is 20.5. The van der Waals surface area contributed by atoms with Crippen molar-refractivity contribution in [2.24, 2.45) is 5.73 Å². The number of rotatable bonds is 21. The van der Waals surface area contributed by atoms with E-state index in [9.17, 15) is 28.8 Å². The first-order chi connectivity index (χ1) is 27.5. The number of nitrogens with zero attached hydrogens (tertiary/aromatic N) is 2. The molecule has 2 aromatic carbocycles. The Morgan fingerprint density at radius 2 is 1.56 bits per heavy atom. The number of amides is 7. The van der Waals surface area contributed by atoms with Gasteiger partial charge in [-0.15, -0.1) is 0 Å². The zero-order valence-electron chi connectivity index (χ0n) is 33.0.